The van der Waals surface area contributed by atoms with Gasteiger partial charge in [0, 0.05) is 11.8 Å². The zero-order chi connectivity index (χ0) is 10.7. The Hall–Kier alpha value is -1.00. The summed E-state index contributed by atoms with van der Waals surface area (Å²) >= 11 is 4.60. The van der Waals surface area contributed by atoms with Gasteiger partial charge in [-0.3, -0.25) is 4.79 Å². The molecule has 2 rings (SSSR count). The first kappa shape index (κ1) is 10.5. The van der Waals surface area contributed by atoms with Gasteiger partial charge in [-0.25, -0.2) is 4.98 Å². The predicted molar refractivity (Wildman–Crippen MR) is 64.3 cm³/mol. The van der Waals surface area contributed by atoms with Crippen LogP contribution in [0.25, 0.3) is 0 Å². The van der Waals surface area contributed by atoms with Crippen molar-refractivity contribution in [1.82, 2.24) is 4.98 Å². The van der Waals surface area contributed by atoms with Crippen molar-refractivity contribution in [3.63, 3.8) is 0 Å². The van der Waals surface area contributed by atoms with Crippen LogP contribution in [0.2, 0.25) is 0 Å². The number of carbonyl (C=O) groups is 1. The van der Waals surface area contributed by atoms with Gasteiger partial charge < -0.3 is 0 Å². The number of aromatic nitrogens is 1. The number of carbonyl (C=O) groups excluding carboxylic acids is 1. The molecule has 0 aliphatic heterocycles. The Morgan fingerprint density at radius 1 is 1.33 bits per heavy atom. The minimum absolute atomic E-state index is 0.0666. The molecule has 0 saturated carbocycles. The van der Waals surface area contributed by atoms with Gasteiger partial charge in [0.2, 0.25) is 0 Å². The third-order valence-corrected chi connectivity index (χ3v) is 3.51. The highest BCUT2D eigenvalue weighted by molar-refractivity contribution is 9.10. The predicted octanol–water partition coefficient (Wildman–Crippen LogP) is 3.33. The van der Waals surface area contributed by atoms with E-state index in [1.807, 2.05) is 35.7 Å². The summed E-state index contributed by atoms with van der Waals surface area (Å²) in [7, 11) is 0. The summed E-state index contributed by atoms with van der Waals surface area (Å²) in [5.74, 6) is 0.0666. The van der Waals surface area contributed by atoms with Gasteiger partial charge in [-0.2, -0.15) is 0 Å². The van der Waals surface area contributed by atoms with E-state index in [9.17, 15) is 4.79 Å². The number of thiazole rings is 1. The van der Waals surface area contributed by atoms with E-state index in [1.165, 1.54) is 11.3 Å². The third-order valence-electron chi connectivity index (χ3n) is 1.92. The zero-order valence-corrected chi connectivity index (χ0v) is 10.2. The van der Waals surface area contributed by atoms with Crippen molar-refractivity contribution < 1.29 is 4.79 Å². The fourth-order valence-electron chi connectivity index (χ4n) is 1.24. The molecule has 76 valence electrons. The first-order valence-corrected chi connectivity index (χ1v) is 6.11. The molecule has 0 aliphatic rings. The highest BCUT2D eigenvalue weighted by Gasteiger charge is 2.10. The highest BCUT2D eigenvalue weighted by Crippen LogP contribution is 2.16. The summed E-state index contributed by atoms with van der Waals surface area (Å²) in [6.07, 6.45) is 0.417. The standard InChI is InChI=1S/C11H8BrNOS/c12-10-7-15-11(13-10)9(14)6-8-4-2-1-3-5-8/h1-5,7H,6H2. The molecular weight excluding hydrogens is 274 g/mol. The molecule has 1 aromatic heterocycles. The van der Waals surface area contributed by atoms with Crippen LogP contribution >= 0.6 is 27.3 Å². The summed E-state index contributed by atoms with van der Waals surface area (Å²) in [5, 5.41) is 2.38. The third kappa shape index (κ3) is 2.73. The number of rotatable bonds is 3. The lowest BCUT2D eigenvalue weighted by molar-refractivity contribution is 0.0992. The molecule has 0 spiro atoms. The van der Waals surface area contributed by atoms with Crippen LogP contribution < -0.4 is 0 Å². The lowest BCUT2D eigenvalue weighted by atomic mass is 10.1. The molecule has 0 amide bonds. The summed E-state index contributed by atoms with van der Waals surface area (Å²) in [6.45, 7) is 0. The maximum absolute atomic E-state index is 11.8. The Morgan fingerprint density at radius 3 is 2.67 bits per heavy atom. The Labute approximate surface area is 100 Å². The molecule has 0 saturated heterocycles. The van der Waals surface area contributed by atoms with Crippen molar-refractivity contribution in [3.05, 3.63) is 50.9 Å². The Kier molecular flexibility index (Phi) is 3.28. The van der Waals surface area contributed by atoms with Gasteiger partial charge in [0.05, 0.1) is 0 Å². The van der Waals surface area contributed by atoms with Crippen molar-refractivity contribution in [2.45, 2.75) is 6.42 Å². The maximum atomic E-state index is 11.8. The Bertz CT molecular complexity index is 466. The molecule has 0 N–H and O–H groups in total. The second-order valence-corrected chi connectivity index (χ2v) is 4.73. The molecule has 0 unspecified atom stereocenters. The number of halogens is 1. The molecule has 2 aromatic rings. The van der Waals surface area contributed by atoms with Crippen LogP contribution in [0.4, 0.5) is 0 Å². The van der Waals surface area contributed by atoms with Crippen molar-refractivity contribution in [3.8, 4) is 0 Å². The molecule has 0 aliphatic carbocycles. The molecule has 0 radical (unpaired) electrons. The monoisotopic (exact) mass is 281 g/mol. The van der Waals surface area contributed by atoms with E-state index in [0.717, 1.165) is 10.2 Å². The number of hydrogen-bond acceptors (Lipinski definition) is 3. The molecule has 2 nitrogen and oxygen atoms in total. The van der Waals surface area contributed by atoms with Gasteiger partial charge in [0.15, 0.2) is 10.8 Å². The number of hydrogen-bond donors (Lipinski definition) is 0. The molecule has 4 heteroatoms. The van der Waals surface area contributed by atoms with Crippen LogP contribution in [-0.2, 0) is 6.42 Å². The van der Waals surface area contributed by atoms with Crippen molar-refractivity contribution in [2.75, 3.05) is 0 Å². The quantitative estimate of drug-likeness (QED) is 0.808. The minimum atomic E-state index is 0.0666. The first-order valence-electron chi connectivity index (χ1n) is 4.44. The molecule has 1 aromatic carbocycles. The average Bonchev–Trinajstić information content (AvgIpc) is 2.66. The second-order valence-electron chi connectivity index (χ2n) is 3.06. The Balaban J connectivity index is 2.11. The maximum Gasteiger partial charge on any atom is 0.195 e. The lowest BCUT2D eigenvalue weighted by Gasteiger charge is -1.96. The molecule has 15 heavy (non-hydrogen) atoms. The van der Waals surface area contributed by atoms with E-state index in [4.69, 9.17) is 0 Å². The van der Waals surface area contributed by atoms with Crippen molar-refractivity contribution in [1.29, 1.82) is 0 Å². The number of Topliss-reactive ketones (excluding diaryl/α,β-unsaturated/α-hetero) is 1. The molecule has 0 atom stereocenters. The minimum Gasteiger partial charge on any atom is -0.291 e. The number of benzene rings is 1. The van der Waals surface area contributed by atoms with Crippen LogP contribution in [0.3, 0.4) is 0 Å². The topological polar surface area (TPSA) is 30.0 Å². The first-order chi connectivity index (χ1) is 7.25. The summed E-state index contributed by atoms with van der Waals surface area (Å²) in [5.41, 5.74) is 1.02. The van der Waals surface area contributed by atoms with Crippen LogP contribution in [0, 0.1) is 0 Å². The highest BCUT2D eigenvalue weighted by atomic mass is 79.9. The number of ketones is 1. The van der Waals surface area contributed by atoms with E-state index >= 15 is 0 Å². The van der Waals surface area contributed by atoms with E-state index in [1.54, 1.807) is 0 Å². The van der Waals surface area contributed by atoms with Crippen LogP contribution in [0.1, 0.15) is 15.4 Å². The average molecular weight is 282 g/mol. The summed E-state index contributed by atoms with van der Waals surface area (Å²) in [4.78, 5) is 15.8. The summed E-state index contributed by atoms with van der Waals surface area (Å²) in [6, 6.07) is 9.69. The van der Waals surface area contributed by atoms with Crippen LogP contribution in [0.5, 0.6) is 0 Å². The van der Waals surface area contributed by atoms with E-state index < -0.39 is 0 Å². The van der Waals surface area contributed by atoms with Crippen LogP contribution in [0.15, 0.2) is 40.3 Å². The molecular formula is C11H8BrNOS. The van der Waals surface area contributed by atoms with Gasteiger partial charge in [0.25, 0.3) is 0 Å². The van der Waals surface area contributed by atoms with Gasteiger partial charge in [-0.15, -0.1) is 11.3 Å². The SMILES string of the molecule is O=C(Cc1ccccc1)c1nc(Br)cs1. The van der Waals surface area contributed by atoms with Gasteiger partial charge in [0.1, 0.15) is 4.60 Å². The normalized spacial score (nSPS) is 10.2. The van der Waals surface area contributed by atoms with E-state index in [2.05, 4.69) is 20.9 Å². The number of nitrogens with zero attached hydrogens (tertiary/aromatic N) is 1. The van der Waals surface area contributed by atoms with Gasteiger partial charge in [-0.05, 0) is 21.5 Å². The smallest absolute Gasteiger partial charge is 0.195 e. The lowest BCUT2D eigenvalue weighted by Crippen LogP contribution is -2.02. The molecule has 0 fully saturated rings. The largest absolute Gasteiger partial charge is 0.291 e. The molecule has 0 bridgehead atoms. The van der Waals surface area contributed by atoms with Gasteiger partial charge in [-0.1, -0.05) is 30.3 Å². The van der Waals surface area contributed by atoms with Crippen molar-refractivity contribution >= 4 is 33.0 Å². The fraction of sp³-hybridized carbons (Fsp3) is 0.0909. The Morgan fingerprint density at radius 2 is 2.07 bits per heavy atom. The van der Waals surface area contributed by atoms with Crippen molar-refractivity contribution in [2.24, 2.45) is 0 Å². The fourth-order valence-corrected chi connectivity index (χ4v) is 2.43. The van der Waals surface area contributed by atoms with Crippen LogP contribution in [-0.4, -0.2) is 10.8 Å². The van der Waals surface area contributed by atoms with E-state index in [0.29, 0.717) is 11.4 Å². The van der Waals surface area contributed by atoms with Gasteiger partial charge >= 0.3 is 0 Å². The van der Waals surface area contributed by atoms with E-state index in [-0.39, 0.29) is 5.78 Å². The molecule has 1 heterocycles. The second kappa shape index (κ2) is 4.68. The zero-order valence-electron chi connectivity index (χ0n) is 7.81. The summed E-state index contributed by atoms with van der Waals surface area (Å²) < 4.78 is 0.726.